The molecule has 5 nitrogen and oxygen atoms in total. The Morgan fingerprint density at radius 1 is 1.03 bits per heavy atom. The van der Waals surface area contributed by atoms with Crippen LogP contribution in [0.15, 0.2) is 77.8 Å². The molecule has 0 unspecified atom stereocenters. The molecule has 1 heterocycles. The molecule has 0 saturated carbocycles. The Balaban J connectivity index is 1.91. The van der Waals surface area contributed by atoms with Crippen LogP contribution in [0.3, 0.4) is 0 Å². The third-order valence-electron chi connectivity index (χ3n) is 5.08. The number of methoxy groups -OCH3 is 2. The van der Waals surface area contributed by atoms with E-state index in [2.05, 4.69) is 0 Å². The van der Waals surface area contributed by atoms with Crippen LogP contribution in [-0.4, -0.2) is 37.5 Å². The molecule has 4 rings (SSSR count). The van der Waals surface area contributed by atoms with Gasteiger partial charge < -0.3 is 14.4 Å². The van der Waals surface area contributed by atoms with Gasteiger partial charge in [0.2, 0.25) is 0 Å². The summed E-state index contributed by atoms with van der Waals surface area (Å²) in [6, 6.07) is 23.0. The van der Waals surface area contributed by atoms with E-state index < -0.39 is 0 Å². The molecule has 6 heteroatoms. The molecule has 0 aliphatic carbocycles. The fourth-order valence-corrected chi connectivity index (χ4v) is 3.83. The molecule has 152 valence electrons. The van der Waals surface area contributed by atoms with E-state index in [-0.39, 0.29) is 18.6 Å². The summed E-state index contributed by atoms with van der Waals surface area (Å²) in [7, 11) is 3.01. The number of hydrogen-bond acceptors (Lipinski definition) is 5. The van der Waals surface area contributed by atoms with E-state index >= 15 is 0 Å². The van der Waals surface area contributed by atoms with Crippen molar-refractivity contribution in [3.63, 3.8) is 0 Å². The standard InChI is InChI=1S/C24H21ClN2O3/c1-29-19-11-8-17(9-12-19)24-26-21-13-10-18(25)14-20(21)23(16-6-4-3-5-7-16)27(24)15-22(28)30-2/h3-14,23H,15H2,1-2H3/t23-/m0/s1. The number of carbonyl (C=O) groups is 1. The lowest BCUT2D eigenvalue weighted by Gasteiger charge is -2.38. The summed E-state index contributed by atoms with van der Waals surface area (Å²) in [6.07, 6.45) is 0. The number of hydrogen-bond donors (Lipinski definition) is 0. The summed E-state index contributed by atoms with van der Waals surface area (Å²) in [4.78, 5) is 19.2. The van der Waals surface area contributed by atoms with Crippen molar-refractivity contribution < 1.29 is 14.3 Å². The van der Waals surface area contributed by atoms with E-state index in [1.54, 1.807) is 7.11 Å². The van der Waals surface area contributed by atoms with Crippen LogP contribution in [-0.2, 0) is 9.53 Å². The highest BCUT2D eigenvalue weighted by molar-refractivity contribution is 6.30. The molecular weight excluding hydrogens is 400 g/mol. The molecular formula is C24H21ClN2O3. The maximum absolute atomic E-state index is 12.3. The number of rotatable bonds is 5. The maximum atomic E-state index is 12.3. The second-order valence-electron chi connectivity index (χ2n) is 6.88. The van der Waals surface area contributed by atoms with Gasteiger partial charge >= 0.3 is 5.97 Å². The van der Waals surface area contributed by atoms with Gasteiger partial charge in [-0.05, 0) is 48.0 Å². The first-order valence-corrected chi connectivity index (χ1v) is 9.89. The number of halogens is 1. The minimum Gasteiger partial charge on any atom is -0.497 e. The minimum absolute atomic E-state index is 0.0485. The molecule has 0 saturated heterocycles. The molecule has 0 fully saturated rings. The van der Waals surface area contributed by atoms with Gasteiger partial charge in [0, 0.05) is 16.1 Å². The molecule has 1 aliphatic heterocycles. The van der Waals surface area contributed by atoms with Crippen molar-refractivity contribution in [2.24, 2.45) is 4.99 Å². The first kappa shape index (κ1) is 20.0. The Hall–Kier alpha value is -3.31. The highest BCUT2D eigenvalue weighted by atomic mass is 35.5. The van der Waals surface area contributed by atoms with Gasteiger partial charge in [-0.2, -0.15) is 0 Å². The summed E-state index contributed by atoms with van der Waals surface area (Å²) in [5, 5.41) is 0.621. The van der Waals surface area contributed by atoms with Crippen molar-refractivity contribution in [1.82, 2.24) is 4.90 Å². The first-order valence-electron chi connectivity index (χ1n) is 9.51. The second kappa shape index (κ2) is 8.59. The van der Waals surface area contributed by atoms with E-state index in [0.717, 1.165) is 28.1 Å². The fraction of sp³-hybridized carbons (Fsp3) is 0.167. The van der Waals surface area contributed by atoms with Gasteiger partial charge in [0.1, 0.15) is 18.1 Å². The Morgan fingerprint density at radius 3 is 2.43 bits per heavy atom. The molecule has 1 aliphatic rings. The van der Waals surface area contributed by atoms with Crippen LogP contribution < -0.4 is 4.74 Å². The number of aliphatic imine (C=N–C) groups is 1. The van der Waals surface area contributed by atoms with Crippen molar-refractivity contribution in [3.05, 3.63) is 94.5 Å². The van der Waals surface area contributed by atoms with Crippen LogP contribution >= 0.6 is 11.6 Å². The Morgan fingerprint density at radius 2 is 1.77 bits per heavy atom. The van der Waals surface area contributed by atoms with Crippen molar-refractivity contribution in [2.75, 3.05) is 20.8 Å². The van der Waals surface area contributed by atoms with Crippen molar-refractivity contribution in [3.8, 4) is 5.75 Å². The van der Waals surface area contributed by atoms with Crippen LogP contribution in [0.25, 0.3) is 0 Å². The van der Waals surface area contributed by atoms with Crippen LogP contribution in [0, 0.1) is 0 Å². The van der Waals surface area contributed by atoms with Gasteiger partial charge in [-0.15, -0.1) is 0 Å². The predicted molar refractivity (Wildman–Crippen MR) is 118 cm³/mol. The Bertz CT molecular complexity index is 1080. The monoisotopic (exact) mass is 420 g/mol. The Kier molecular flexibility index (Phi) is 5.72. The zero-order valence-electron chi connectivity index (χ0n) is 16.7. The third kappa shape index (κ3) is 3.89. The summed E-state index contributed by atoms with van der Waals surface area (Å²) in [6.45, 7) is 0.0485. The average Bonchev–Trinajstić information content (AvgIpc) is 2.79. The molecule has 0 amide bonds. The molecule has 0 aromatic heterocycles. The lowest BCUT2D eigenvalue weighted by molar-refractivity contribution is -0.141. The SMILES string of the molecule is COC(=O)CN1C(c2ccc(OC)cc2)=Nc2ccc(Cl)cc2[C@@H]1c1ccccc1. The summed E-state index contributed by atoms with van der Waals surface area (Å²) in [5.41, 5.74) is 3.67. The third-order valence-corrected chi connectivity index (χ3v) is 5.32. The normalized spacial score (nSPS) is 15.2. The predicted octanol–water partition coefficient (Wildman–Crippen LogP) is 5.00. The van der Waals surface area contributed by atoms with E-state index in [0.29, 0.717) is 10.9 Å². The van der Waals surface area contributed by atoms with Gasteiger partial charge in [-0.1, -0.05) is 41.9 Å². The Labute approximate surface area is 180 Å². The van der Waals surface area contributed by atoms with Crippen molar-refractivity contribution in [2.45, 2.75) is 6.04 Å². The minimum atomic E-state index is -0.345. The van der Waals surface area contributed by atoms with E-state index in [9.17, 15) is 4.79 Å². The number of nitrogens with zero attached hydrogens (tertiary/aromatic N) is 2. The smallest absolute Gasteiger partial charge is 0.325 e. The number of ether oxygens (including phenoxy) is 2. The van der Waals surface area contributed by atoms with Crippen LogP contribution in [0.1, 0.15) is 22.7 Å². The number of fused-ring (bicyclic) bond motifs is 1. The van der Waals surface area contributed by atoms with Crippen LogP contribution in [0.4, 0.5) is 5.69 Å². The number of carbonyl (C=O) groups excluding carboxylic acids is 1. The van der Waals surface area contributed by atoms with E-state index in [1.165, 1.54) is 7.11 Å². The molecule has 1 atom stereocenters. The van der Waals surface area contributed by atoms with Gasteiger partial charge in [0.25, 0.3) is 0 Å². The zero-order valence-corrected chi connectivity index (χ0v) is 17.5. The molecule has 0 radical (unpaired) electrons. The maximum Gasteiger partial charge on any atom is 0.325 e. The quantitative estimate of drug-likeness (QED) is 0.545. The van der Waals surface area contributed by atoms with Gasteiger partial charge in [0.05, 0.1) is 25.9 Å². The van der Waals surface area contributed by atoms with Crippen LogP contribution in [0.2, 0.25) is 5.02 Å². The van der Waals surface area contributed by atoms with E-state index in [1.807, 2.05) is 77.7 Å². The van der Waals surface area contributed by atoms with Crippen molar-refractivity contribution in [1.29, 1.82) is 0 Å². The molecule has 3 aromatic carbocycles. The number of esters is 1. The van der Waals surface area contributed by atoms with Crippen molar-refractivity contribution >= 4 is 29.1 Å². The molecule has 0 N–H and O–H groups in total. The molecule has 0 bridgehead atoms. The van der Waals surface area contributed by atoms with Gasteiger partial charge in [0.15, 0.2) is 0 Å². The summed E-state index contributed by atoms with van der Waals surface area (Å²) < 4.78 is 10.3. The van der Waals surface area contributed by atoms with Gasteiger partial charge in [-0.25, -0.2) is 4.99 Å². The first-order chi connectivity index (χ1) is 14.6. The zero-order chi connectivity index (χ0) is 21.1. The fourth-order valence-electron chi connectivity index (χ4n) is 3.65. The van der Waals surface area contributed by atoms with E-state index in [4.69, 9.17) is 26.1 Å². The topological polar surface area (TPSA) is 51.1 Å². The lowest BCUT2D eigenvalue weighted by Crippen LogP contribution is -2.42. The second-order valence-corrected chi connectivity index (χ2v) is 7.32. The van der Waals surface area contributed by atoms with Gasteiger partial charge in [-0.3, -0.25) is 4.79 Å². The molecule has 3 aromatic rings. The highest BCUT2D eigenvalue weighted by Crippen LogP contribution is 2.41. The lowest BCUT2D eigenvalue weighted by atomic mass is 9.93. The number of amidine groups is 1. The number of benzene rings is 3. The largest absolute Gasteiger partial charge is 0.497 e. The summed E-state index contributed by atoms with van der Waals surface area (Å²) in [5.74, 6) is 1.09. The molecule has 0 spiro atoms. The average molecular weight is 421 g/mol. The molecule has 30 heavy (non-hydrogen) atoms. The van der Waals surface area contributed by atoms with Crippen LogP contribution in [0.5, 0.6) is 5.75 Å². The highest BCUT2D eigenvalue weighted by Gasteiger charge is 2.33. The summed E-state index contributed by atoms with van der Waals surface area (Å²) >= 11 is 6.32.